The quantitative estimate of drug-likeness (QED) is 0.880. The van der Waals surface area contributed by atoms with Crippen LogP contribution in [0.3, 0.4) is 0 Å². The molecule has 21 heavy (non-hydrogen) atoms. The minimum atomic E-state index is -0.109. The van der Waals surface area contributed by atoms with Crippen LogP contribution in [0.4, 0.5) is 10.5 Å². The van der Waals surface area contributed by atoms with Gasteiger partial charge in [0.1, 0.15) is 0 Å². The molecule has 1 N–H and O–H groups in total. The Balaban J connectivity index is 1.74. The first-order chi connectivity index (χ1) is 10.0. The third-order valence-corrected chi connectivity index (χ3v) is 4.05. The minimum absolute atomic E-state index is 0.109. The molecule has 5 nitrogen and oxygen atoms in total. The summed E-state index contributed by atoms with van der Waals surface area (Å²) in [6.07, 6.45) is 0.845. The Morgan fingerprint density at radius 2 is 2.24 bits per heavy atom. The van der Waals surface area contributed by atoms with Crippen LogP contribution >= 0.6 is 11.6 Å². The van der Waals surface area contributed by atoms with Crippen LogP contribution in [0, 0.1) is 6.92 Å². The van der Waals surface area contributed by atoms with Crippen LogP contribution in [-0.2, 0) is 20.0 Å². The number of nitrogens with one attached hydrogen (secondary N) is 1. The Morgan fingerprint density at radius 1 is 1.43 bits per heavy atom. The number of fused-ring (bicyclic) bond motifs is 1. The fraction of sp³-hybridized carbons (Fsp3) is 0.333. The summed E-state index contributed by atoms with van der Waals surface area (Å²) in [5.74, 6) is 0. The van der Waals surface area contributed by atoms with Gasteiger partial charge < -0.3 is 10.2 Å². The van der Waals surface area contributed by atoms with Crippen molar-refractivity contribution in [1.82, 2.24) is 14.7 Å². The van der Waals surface area contributed by atoms with E-state index in [1.165, 1.54) is 5.56 Å². The van der Waals surface area contributed by atoms with E-state index in [4.69, 9.17) is 11.6 Å². The smallest absolute Gasteiger partial charge is 0.318 e. The molecule has 0 saturated carbocycles. The molecule has 1 aromatic heterocycles. The van der Waals surface area contributed by atoms with E-state index in [1.807, 2.05) is 30.8 Å². The van der Waals surface area contributed by atoms with Gasteiger partial charge >= 0.3 is 6.03 Å². The van der Waals surface area contributed by atoms with Gasteiger partial charge in [-0.2, -0.15) is 5.10 Å². The summed E-state index contributed by atoms with van der Waals surface area (Å²) in [7, 11) is 1.92. The lowest BCUT2D eigenvalue weighted by Crippen LogP contribution is -2.39. The van der Waals surface area contributed by atoms with Crippen LogP contribution in [0.2, 0.25) is 5.02 Å². The first kappa shape index (κ1) is 13.9. The number of hydrogen-bond donors (Lipinski definition) is 1. The third-order valence-electron chi connectivity index (χ3n) is 3.81. The molecule has 0 spiro atoms. The Bertz CT molecular complexity index is 695. The zero-order valence-electron chi connectivity index (χ0n) is 12.1. The molecule has 0 bridgehead atoms. The Kier molecular flexibility index (Phi) is 3.59. The van der Waals surface area contributed by atoms with Gasteiger partial charge in [0.2, 0.25) is 0 Å². The zero-order valence-corrected chi connectivity index (χ0v) is 12.8. The number of nitrogens with zero attached hydrogens (tertiary/aromatic N) is 3. The largest absolute Gasteiger partial charge is 0.322 e. The number of aromatic nitrogens is 2. The van der Waals surface area contributed by atoms with Crippen molar-refractivity contribution in [1.29, 1.82) is 0 Å². The lowest BCUT2D eigenvalue weighted by Gasteiger charge is -2.27. The van der Waals surface area contributed by atoms with E-state index in [0.29, 0.717) is 23.8 Å². The molecule has 1 aromatic carbocycles. The predicted octanol–water partition coefficient (Wildman–Crippen LogP) is 2.97. The summed E-state index contributed by atoms with van der Waals surface area (Å²) < 4.78 is 1.86. The average Bonchev–Trinajstić information content (AvgIpc) is 2.73. The van der Waals surface area contributed by atoms with Crippen molar-refractivity contribution in [3.8, 4) is 0 Å². The molecule has 2 aromatic rings. The van der Waals surface area contributed by atoms with Crippen LogP contribution in [0.25, 0.3) is 0 Å². The fourth-order valence-corrected chi connectivity index (χ4v) is 2.91. The molecule has 0 radical (unpaired) electrons. The number of benzene rings is 1. The van der Waals surface area contributed by atoms with Crippen molar-refractivity contribution in [2.24, 2.45) is 7.05 Å². The number of amides is 2. The molecule has 1 aliphatic rings. The third kappa shape index (κ3) is 2.74. The summed E-state index contributed by atoms with van der Waals surface area (Å²) in [6, 6.07) is 7.05. The summed E-state index contributed by atoms with van der Waals surface area (Å²) in [4.78, 5) is 14.1. The van der Waals surface area contributed by atoms with Gasteiger partial charge in [-0.15, -0.1) is 0 Å². The maximum Gasteiger partial charge on any atom is 0.322 e. The molecule has 0 atom stereocenters. The number of carbonyl (C=O) groups excluding carboxylic acids is 1. The van der Waals surface area contributed by atoms with E-state index in [9.17, 15) is 4.79 Å². The van der Waals surface area contributed by atoms with E-state index in [1.54, 1.807) is 17.0 Å². The lowest BCUT2D eigenvalue weighted by atomic mass is 10.1. The number of urea groups is 1. The van der Waals surface area contributed by atoms with Gasteiger partial charge in [0.15, 0.2) is 0 Å². The maximum absolute atomic E-state index is 12.3. The van der Waals surface area contributed by atoms with E-state index in [-0.39, 0.29) is 6.03 Å². The van der Waals surface area contributed by atoms with Crippen molar-refractivity contribution < 1.29 is 4.79 Å². The highest BCUT2D eigenvalue weighted by Crippen LogP contribution is 2.22. The number of aryl methyl sites for hydroxylation is 2. The molecule has 110 valence electrons. The van der Waals surface area contributed by atoms with Crippen LogP contribution in [0.15, 0.2) is 24.3 Å². The number of hydrogen-bond acceptors (Lipinski definition) is 2. The first-order valence-corrected chi connectivity index (χ1v) is 7.25. The second kappa shape index (κ2) is 5.41. The summed E-state index contributed by atoms with van der Waals surface area (Å²) in [6.45, 7) is 3.30. The molecule has 0 aliphatic carbocycles. The van der Waals surface area contributed by atoms with Crippen LogP contribution < -0.4 is 5.32 Å². The molecule has 6 heteroatoms. The van der Waals surface area contributed by atoms with Gasteiger partial charge in [0, 0.05) is 24.3 Å². The minimum Gasteiger partial charge on any atom is -0.318 e. The molecule has 0 saturated heterocycles. The highest BCUT2D eigenvalue weighted by molar-refractivity contribution is 6.30. The highest BCUT2D eigenvalue weighted by atomic mass is 35.5. The predicted molar refractivity (Wildman–Crippen MR) is 82.5 cm³/mol. The summed E-state index contributed by atoms with van der Waals surface area (Å²) in [5.41, 5.74) is 4.14. The summed E-state index contributed by atoms with van der Waals surface area (Å²) in [5, 5.41) is 7.91. The van der Waals surface area contributed by atoms with Gasteiger partial charge in [0.05, 0.1) is 17.9 Å². The number of carbonyl (C=O) groups is 1. The van der Waals surface area contributed by atoms with Crippen molar-refractivity contribution in [3.63, 3.8) is 0 Å². The first-order valence-electron chi connectivity index (χ1n) is 6.87. The van der Waals surface area contributed by atoms with Gasteiger partial charge in [0.25, 0.3) is 0 Å². The second-order valence-electron chi connectivity index (χ2n) is 5.25. The maximum atomic E-state index is 12.3. The average molecular weight is 305 g/mol. The normalized spacial score (nSPS) is 14.0. The molecular formula is C15H17ClN4O. The van der Waals surface area contributed by atoms with Gasteiger partial charge in [-0.3, -0.25) is 4.68 Å². The monoisotopic (exact) mass is 304 g/mol. The Labute approximate surface area is 128 Å². The number of anilines is 1. The van der Waals surface area contributed by atoms with E-state index in [0.717, 1.165) is 17.8 Å². The number of halogens is 1. The molecular weight excluding hydrogens is 288 g/mol. The lowest BCUT2D eigenvalue weighted by molar-refractivity contribution is 0.204. The molecule has 2 amide bonds. The molecule has 2 heterocycles. The zero-order chi connectivity index (χ0) is 15.0. The molecule has 3 rings (SSSR count). The van der Waals surface area contributed by atoms with Gasteiger partial charge in [-0.05, 0) is 37.1 Å². The van der Waals surface area contributed by atoms with Gasteiger partial charge in [-0.25, -0.2) is 4.79 Å². The van der Waals surface area contributed by atoms with Gasteiger partial charge in [-0.1, -0.05) is 17.7 Å². The van der Waals surface area contributed by atoms with Crippen molar-refractivity contribution in [2.75, 3.05) is 11.9 Å². The van der Waals surface area contributed by atoms with Crippen molar-refractivity contribution in [2.45, 2.75) is 19.9 Å². The van der Waals surface area contributed by atoms with Crippen LogP contribution in [-0.4, -0.2) is 27.3 Å². The summed E-state index contributed by atoms with van der Waals surface area (Å²) >= 11 is 5.93. The highest BCUT2D eigenvalue weighted by Gasteiger charge is 2.25. The molecule has 0 unspecified atom stereocenters. The van der Waals surface area contributed by atoms with E-state index in [2.05, 4.69) is 10.4 Å². The van der Waals surface area contributed by atoms with E-state index < -0.39 is 0 Å². The Hall–Kier alpha value is -2.01. The van der Waals surface area contributed by atoms with Crippen molar-refractivity contribution >= 4 is 23.3 Å². The second-order valence-corrected chi connectivity index (χ2v) is 5.68. The fourth-order valence-electron chi connectivity index (χ4n) is 2.72. The molecule has 1 aliphatic heterocycles. The Morgan fingerprint density at radius 3 is 3.00 bits per heavy atom. The SMILES string of the molecule is Cc1nn(C)c2c1CCN(C(=O)Nc1cccc(Cl)c1)C2. The standard InChI is InChI=1S/C15H17ClN4O/c1-10-13-6-7-20(9-14(13)19(2)18-10)15(21)17-12-5-3-4-11(16)8-12/h3-5,8H,6-7,9H2,1-2H3,(H,17,21). The molecule has 0 fully saturated rings. The van der Waals surface area contributed by atoms with Crippen LogP contribution in [0.5, 0.6) is 0 Å². The topological polar surface area (TPSA) is 50.2 Å². The number of rotatable bonds is 1. The van der Waals surface area contributed by atoms with E-state index >= 15 is 0 Å². The van der Waals surface area contributed by atoms with Crippen molar-refractivity contribution in [3.05, 3.63) is 46.2 Å². The van der Waals surface area contributed by atoms with Crippen LogP contribution in [0.1, 0.15) is 17.0 Å².